The number of morpholine rings is 1. The fourth-order valence-electron chi connectivity index (χ4n) is 3.25. The Labute approximate surface area is 162 Å². The maximum absolute atomic E-state index is 6.00. The van der Waals surface area contributed by atoms with Crippen molar-refractivity contribution in [3.05, 3.63) is 24.3 Å². The third kappa shape index (κ3) is 6.29. The van der Waals surface area contributed by atoms with Gasteiger partial charge in [0.25, 0.3) is 0 Å². The van der Waals surface area contributed by atoms with Gasteiger partial charge in [-0.05, 0) is 25.0 Å². The molecular formula is C20H32N4O3. The minimum absolute atomic E-state index is 0.0328. The van der Waals surface area contributed by atoms with Gasteiger partial charge in [-0.1, -0.05) is 19.1 Å². The molecule has 0 saturated carbocycles. The summed E-state index contributed by atoms with van der Waals surface area (Å²) < 4.78 is 17.2. The van der Waals surface area contributed by atoms with Crippen LogP contribution in [0, 0.1) is 5.92 Å². The van der Waals surface area contributed by atoms with Gasteiger partial charge in [-0.2, -0.15) is 0 Å². The highest BCUT2D eigenvalue weighted by atomic mass is 16.6. The standard InChI is InChI=1S/C20H32N4O3/c1-3-21-20(22-12-16(2)14-24-8-10-25-11-9-24)23-13-17-15-26-18-6-4-5-7-19(18)27-17/h4-7,16-17H,3,8-15H2,1-2H3,(H2,21,22,23). The van der Waals surface area contributed by atoms with E-state index < -0.39 is 0 Å². The third-order valence-electron chi connectivity index (χ3n) is 4.64. The van der Waals surface area contributed by atoms with Crippen LogP contribution in [0.2, 0.25) is 0 Å². The van der Waals surface area contributed by atoms with E-state index in [1.54, 1.807) is 0 Å². The maximum atomic E-state index is 6.00. The Hall–Kier alpha value is -1.99. The van der Waals surface area contributed by atoms with Crippen molar-refractivity contribution in [1.29, 1.82) is 0 Å². The first kappa shape index (κ1) is 19.8. The second-order valence-electron chi connectivity index (χ2n) is 7.12. The van der Waals surface area contributed by atoms with Crippen molar-refractivity contribution in [2.75, 3.05) is 59.1 Å². The molecule has 2 aliphatic heterocycles. The number of ether oxygens (including phenoxy) is 3. The summed E-state index contributed by atoms with van der Waals surface area (Å²) in [7, 11) is 0. The minimum Gasteiger partial charge on any atom is -0.486 e. The average molecular weight is 377 g/mol. The zero-order chi connectivity index (χ0) is 18.9. The van der Waals surface area contributed by atoms with Crippen LogP contribution in [0.5, 0.6) is 11.5 Å². The molecule has 0 bridgehead atoms. The summed E-state index contributed by atoms with van der Waals surface area (Å²) in [5.41, 5.74) is 0. The van der Waals surface area contributed by atoms with Crippen LogP contribution in [0.4, 0.5) is 0 Å². The molecule has 7 nitrogen and oxygen atoms in total. The van der Waals surface area contributed by atoms with Gasteiger partial charge in [-0.25, -0.2) is 0 Å². The second-order valence-corrected chi connectivity index (χ2v) is 7.12. The Morgan fingerprint density at radius 3 is 2.78 bits per heavy atom. The molecule has 0 aliphatic carbocycles. The van der Waals surface area contributed by atoms with E-state index in [4.69, 9.17) is 19.2 Å². The Bertz CT molecular complexity index is 605. The van der Waals surface area contributed by atoms with Crippen LogP contribution in [0.3, 0.4) is 0 Å². The molecule has 27 heavy (non-hydrogen) atoms. The molecule has 2 atom stereocenters. The molecule has 2 N–H and O–H groups in total. The lowest BCUT2D eigenvalue weighted by molar-refractivity contribution is 0.0323. The quantitative estimate of drug-likeness (QED) is 0.553. The largest absolute Gasteiger partial charge is 0.486 e. The highest BCUT2D eigenvalue weighted by Gasteiger charge is 2.20. The molecule has 150 valence electrons. The first-order valence-electron chi connectivity index (χ1n) is 9.95. The number of hydrogen-bond acceptors (Lipinski definition) is 5. The minimum atomic E-state index is -0.0328. The van der Waals surface area contributed by atoms with E-state index in [2.05, 4.69) is 29.4 Å². The molecule has 1 aromatic carbocycles. The number of nitrogens with one attached hydrogen (secondary N) is 2. The molecule has 0 radical (unpaired) electrons. The lowest BCUT2D eigenvalue weighted by Crippen LogP contribution is -2.45. The van der Waals surface area contributed by atoms with Crippen molar-refractivity contribution >= 4 is 5.96 Å². The number of rotatable bonds is 7. The van der Waals surface area contributed by atoms with E-state index in [9.17, 15) is 0 Å². The normalized spacial score (nSPS) is 21.6. The SMILES string of the molecule is CCNC(=NCC(C)CN1CCOCC1)NCC1COc2ccccc2O1. The summed E-state index contributed by atoms with van der Waals surface area (Å²) in [6.45, 7) is 11.9. The van der Waals surface area contributed by atoms with Crippen molar-refractivity contribution in [3.8, 4) is 11.5 Å². The first-order valence-corrected chi connectivity index (χ1v) is 9.95. The van der Waals surface area contributed by atoms with Crippen LogP contribution in [-0.4, -0.2) is 76.1 Å². The van der Waals surface area contributed by atoms with Crippen molar-refractivity contribution in [2.45, 2.75) is 20.0 Å². The second kappa shape index (κ2) is 10.4. The summed E-state index contributed by atoms with van der Waals surface area (Å²) in [6.07, 6.45) is -0.0328. The zero-order valence-corrected chi connectivity index (χ0v) is 16.4. The number of para-hydroxylation sites is 2. The van der Waals surface area contributed by atoms with Crippen LogP contribution < -0.4 is 20.1 Å². The van der Waals surface area contributed by atoms with Gasteiger partial charge in [0, 0.05) is 32.7 Å². The van der Waals surface area contributed by atoms with E-state index >= 15 is 0 Å². The summed E-state index contributed by atoms with van der Waals surface area (Å²) in [5.74, 6) is 2.94. The van der Waals surface area contributed by atoms with Gasteiger partial charge in [-0.3, -0.25) is 9.89 Å². The summed E-state index contributed by atoms with van der Waals surface area (Å²) in [6, 6.07) is 7.78. The van der Waals surface area contributed by atoms with Gasteiger partial charge < -0.3 is 24.8 Å². The number of benzene rings is 1. The van der Waals surface area contributed by atoms with Crippen LogP contribution in [-0.2, 0) is 4.74 Å². The lowest BCUT2D eigenvalue weighted by Gasteiger charge is -2.29. The van der Waals surface area contributed by atoms with Crippen molar-refractivity contribution < 1.29 is 14.2 Å². The molecule has 0 spiro atoms. The molecule has 1 fully saturated rings. The van der Waals surface area contributed by atoms with Crippen LogP contribution >= 0.6 is 0 Å². The van der Waals surface area contributed by atoms with Gasteiger partial charge in [0.1, 0.15) is 12.7 Å². The van der Waals surface area contributed by atoms with Crippen LogP contribution in [0.1, 0.15) is 13.8 Å². The smallest absolute Gasteiger partial charge is 0.191 e. The molecule has 3 rings (SSSR count). The third-order valence-corrected chi connectivity index (χ3v) is 4.64. The summed E-state index contributed by atoms with van der Waals surface area (Å²) in [4.78, 5) is 7.20. The van der Waals surface area contributed by atoms with Gasteiger partial charge in [0.2, 0.25) is 0 Å². The van der Waals surface area contributed by atoms with E-state index in [1.165, 1.54) is 0 Å². The zero-order valence-electron chi connectivity index (χ0n) is 16.4. The van der Waals surface area contributed by atoms with E-state index in [0.717, 1.165) is 63.4 Å². The monoisotopic (exact) mass is 376 g/mol. The fourth-order valence-corrected chi connectivity index (χ4v) is 3.25. The Morgan fingerprint density at radius 2 is 2.00 bits per heavy atom. The summed E-state index contributed by atoms with van der Waals surface area (Å²) in [5, 5.41) is 6.69. The van der Waals surface area contributed by atoms with Crippen LogP contribution in [0.15, 0.2) is 29.3 Å². The fraction of sp³-hybridized carbons (Fsp3) is 0.650. The molecule has 2 heterocycles. The lowest BCUT2D eigenvalue weighted by atomic mass is 10.1. The molecule has 0 aromatic heterocycles. The van der Waals surface area contributed by atoms with Crippen molar-refractivity contribution in [3.63, 3.8) is 0 Å². The Balaban J connectivity index is 1.44. The Kier molecular flexibility index (Phi) is 7.59. The number of nitrogens with zero attached hydrogens (tertiary/aromatic N) is 2. The van der Waals surface area contributed by atoms with Gasteiger partial charge in [-0.15, -0.1) is 0 Å². The number of hydrogen-bond donors (Lipinski definition) is 2. The number of aliphatic imine (C=N–C) groups is 1. The molecule has 2 aliphatic rings. The molecule has 1 saturated heterocycles. The van der Waals surface area contributed by atoms with Gasteiger partial charge in [0.15, 0.2) is 17.5 Å². The predicted octanol–water partition coefficient (Wildman–Crippen LogP) is 1.35. The predicted molar refractivity (Wildman–Crippen MR) is 107 cm³/mol. The highest BCUT2D eigenvalue weighted by molar-refractivity contribution is 5.79. The Morgan fingerprint density at radius 1 is 1.22 bits per heavy atom. The number of guanidine groups is 1. The van der Waals surface area contributed by atoms with E-state index in [-0.39, 0.29) is 6.10 Å². The van der Waals surface area contributed by atoms with Crippen molar-refractivity contribution in [1.82, 2.24) is 15.5 Å². The average Bonchev–Trinajstić information content (AvgIpc) is 2.70. The molecule has 2 unspecified atom stereocenters. The first-order chi connectivity index (χ1) is 13.2. The van der Waals surface area contributed by atoms with E-state index in [1.807, 2.05) is 24.3 Å². The summed E-state index contributed by atoms with van der Waals surface area (Å²) >= 11 is 0. The van der Waals surface area contributed by atoms with Crippen LogP contribution in [0.25, 0.3) is 0 Å². The van der Waals surface area contributed by atoms with Gasteiger partial charge >= 0.3 is 0 Å². The van der Waals surface area contributed by atoms with Crippen molar-refractivity contribution in [2.24, 2.45) is 10.9 Å². The van der Waals surface area contributed by atoms with Gasteiger partial charge in [0.05, 0.1) is 19.8 Å². The molecule has 7 heteroatoms. The maximum Gasteiger partial charge on any atom is 0.191 e. The topological polar surface area (TPSA) is 67.4 Å². The molecule has 1 aromatic rings. The highest BCUT2D eigenvalue weighted by Crippen LogP contribution is 2.30. The molecule has 0 amide bonds. The molecular weight excluding hydrogens is 344 g/mol. The van der Waals surface area contributed by atoms with E-state index in [0.29, 0.717) is 19.1 Å². The number of fused-ring (bicyclic) bond motifs is 1.